The number of benzene rings is 1. The van der Waals surface area contributed by atoms with E-state index in [1.807, 2.05) is 25.1 Å². The van der Waals surface area contributed by atoms with Gasteiger partial charge in [0.2, 0.25) is 5.91 Å². The van der Waals surface area contributed by atoms with Gasteiger partial charge in [0, 0.05) is 24.7 Å². The Bertz CT molecular complexity index is 585. The second-order valence-electron chi connectivity index (χ2n) is 6.91. The molecule has 1 heterocycles. The first-order valence-corrected chi connectivity index (χ1v) is 8.43. The van der Waals surface area contributed by atoms with Gasteiger partial charge >= 0.3 is 0 Å². The van der Waals surface area contributed by atoms with Gasteiger partial charge in [0.1, 0.15) is 5.54 Å². The highest BCUT2D eigenvalue weighted by atomic mass is 16.2. The van der Waals surface area contributed by atoms with Crippen LogP contribution >= 0.6 is 0 Å². The van der Waals surface area contributed by atoms with E-state index in [0.29, 0.717) is 31.0 Å². The summed E-state index contributed by atoms with van der Waals surface area (Å²) in [5.74, 6) is 0.386. The van der Waals surface area contributed by atoms with Crippen molar-refractivity contribution in [2.24, 2.45) is 11.7 Å². The third-order valence-electron chi connectivity index (χ3n) is 5.12. The van der Waals surface area contributed by atoms with E-state index in [1.54, 1.807) is 17.0 Å². The maximum atomic E-state index is 12.7. The number of nitrogens with two attached hydrogens (primary N) is 1. The van der Waals surface area contributed by atoms with Crippen LogP contribution in [0.15, 0.2) is 30.3 Å². The van der Waals surface area contributed by atoms with Gasteiger partial charge in [-0.15, -0.1) is 0 Å². The van der Waals surface area contributed by atoms with Gasteiger partial charge in [-0.3, -0.25) is 9.59 Å². The molecule has 124 valence electrons. The Balaban J connectivity index is 1.68. The molecule has 2 fully saturated rings. The fourth-order valence-corrected chi connectivity index (χ4v) is 3.35. The van der Waals surface area contributed by atoms with Crippen LogP contribution in [0.3, 0.4) is 0 Å². The first kappa shape index (κ1) is 16.0. The Kier molecular flexibility index (Phi) is 4.39. The molecular weight excluding hydrogens is 290 g/mol. The van der Waals surface area contributed by atoms with Crippen LogP contribution in [0, 0.1) is 5.92 Å². The van der Waals surface area contributed by atoms with Gasteiger partial charge in [0.25, 0.3) is 5.91 Å². The van der Waals surface area contributed by atoms with E-state index in [1.165, 1.54) is 0 Å². The summed E-state index contributed by atoms with van der Waals surface area (Å²) in [6, 6.07) is 9.18. The summed E-state index contributed by atoms with van der Waals surface area (Å²) in [5, 5.41) is 2.96. The molecule has 2 aliphatic rings. The first-order valence-electron chi connectivity index (χ1n) is 8.43. The topological polar surface area (TPSA) is 75.4 Å². The molecular formula is C18H25N3O2. The van der Waals surface area contributed by atoms with Gasteiger partial charge in [-0.25, -0.2) is 0 Å². The molecule has 1 saturated carbocycles. The van der Waals surface area contributed by atoms with E-state index in [0.717, 1.165) is 19.3 Å². The van der Waals surface area contributed by atoms with Gasteiger partial charge in [-0.2, -0.15) is 0 Å². The van der Waals surface area contributed by atoms with Crippen molar-refractivity contribution in [2.75, 3.05) is 13.1 Å². The molecule has 1 aromatic carbocycles. The van der Waals surface area contributed by atoms with Crippen molar-refractivity contribution in [3.63, 3.8) is 0 Å². The largest absolute Gasteiger partial charge is 0.352 e. The predicted octanol–water partition coefficient (Wildman–Crippen LogP) is 1.53. The summed E-state index contributed by atoms with van der Waals surface area (Å²) in [5.41, 5.74) is 5.91. The van der Waals surface area contributed by atoms with Gasteiger partial charge < -0.3 is 16.0 Å². The normalized spacial score (nSPS) is 25.2. The number of carbonyl (C=O) groups is 2. The van der Waals surface area contributed by atoms with Gasteiger partial charge in [-0.05, 0) is 50.7 Å². The lowest BCUT2D eigenvalue weighted by atomic mass is 9.96. The fourth-order valence-electron chi connectivity index (χ4n) is 3.35. The average Bonchev–Trinajstić information content (AvgIpc) is 3.35. The highest BCUT2D eigenvalue weighted by molar-refractivity contribution is 5.99. The molecule has 1 aromatic rings. The summed E-state index contributed by atoms with van der Waals surface area (Å²) in [4.78, 5) is 27.2. The van der Waals surface area contributed by atoms with E-state index in [4.69, 9.17) is 5.73 Å². The van der Waals surface area contributed by atoms with Crippen LogP contribution in [-0.4, -0.2) is 41.4 Å². The number of amides is 2. The van der Waals surface area contributed by atoms with Gasteiger partial charge in [0.15, 0.2) is 0 Å². The third kappa shape index (κ3) is 3.24. The number of nitrogens with one attached hydrogen (secondary N) is 1. The van der Waals surface area contributed by atoms with Crippen LogP contribution < -0.4 is 11.1 Å². The van der Waals surface area contributed by atoms with Crippen molar-refractivity contribution in [3.05, 3.63) is 35.9 Å². The minimum absolute atomic E-state index is 0.0298. The maximum absolute atomic E-state index is 12.7. The zero-order chi connectivity index (χ0) is 16.4. The maximum Gasteiger partial charge on any atom is 0.254 e. The highest BCUT2D eigenvalue weighted by Gasteiger charge is 2.46. The van der Waals surface area contributed by atoms with Crippen LogP contribution in [0.25, 0.3) is 0 Å². The number of rotatable bonds is 5. The van der Waals surface area contributed by atoms with E-state index < -0.39 is 5.54 Å². The lowest BCUT2D eigenvalue weighted by Gasteiger charge is -2.34. The standard InChI is InChI=1S/C18H25N3O2/c1-18(17(23)20-12-15(19)13-8-9-13)10-5-11-21(18)16(22)14-6-3-2-4-7-14/h2-4,6-7,13,15H,5,8-12,19H2,1H3,(H,20,23). The minimum Gasteiger partial charge on any atom is -0.352 e. The second-order valence-corrected chi connectivity index (χ2v) is 6.91. The van der Waals surface area contributed by atoms with Crippen molar-refractivity contribution in [2.45, 2.75) is 44.2 Å². The number of nitrogens with zero attached hydrogens (tertiary/aromatic N) is 1. The molecule has 0 aromatic heterocycles. The molecule has 5 heteroatoms. The van der Waals surface area contributed by atoms with Crippen LogP contribution in [0.4, 0.5) is 0 Å². The molecule has 0 radical (unpaired) electrons. The zero-order valence-electron chi connectivity index (χ0n) is 13.6. The Morgan fingerprint density at radius 3 is 2.70 bits per heavy atom. The van der Waals surface area contributed by atoms with Crippen molar-refractivity contribution in [1.29, 1.82) is 0 Å². The molecule has 1 aliphatic carbocycles. The average molecular weight is 315 g/mol. The monoisotopic (exact) mass is 315 g/mol. The predicted molar refractivity (Wildman–Crippen MR) is 88.8 cm³/mol. The number of carbonyl (C=O) groups excluding carboxylic acids is 2. The summed E-state index contributed by atoms with van der Waals surface area (Å²) in [6.07, 6.45) is 3.85. The summed E-state index contributed by atoms with van der Waals surface area (Å²) >= 11 is 0. The minimum atomic E-state index is -0.782. The molecule has 2 atom stereocenters. The SMILES string of the molecule is CC1(C(=O)NCC(N)C2CC2)CCCN1C(=O)c1ccccc1. The molecule has 0 spiro atoms. The summed E-state index contributed by atoms with van der Waals surface area (Å²) < 4.78 is 0. The summed E-state index contributed by atoms with van der Waals surface area (Å²) in [6.45, 7) is 2.97. The molecule has 1 aliphatic heterocycles. The molecule has 5 nitrogen and oxygen atoms in total. The lowest BCUT2D eigenvalue weighted by molar-refractivity contribution is -0.129. The molecule has 1 saturated heterocycles. The Morgan fingerprint density at radius 2 is 2.04 bits per heavy atom. The van der Waals surface area contributed by atoms with E-state index in [-0.39, 0.29) is 17.9 Å². The van der Waals surface area contributed by atoms with Gasteiger partial charge in [0.05, 0.1) is 0 Å². The smallest absolute Gasteiger partial charge is 0.254 e. The zero-order valence-corrected chi connectivity index (χ0v) is 13.6. The molecule has 2 amide bonds. The third-order valence-corrected chi connectivity index (χ3v) is 5.12. The van der Waals surface area contributed by atoms with Crippen LogP contribution in [0.1, 0.15) is 43.0 Å². The van der Waals surface area contributed by atoms with Crippen molar-refractivity contribution in [1.82, 2.24) is 10.2 Å². The second kappa shape index (κ2) is 6.32. The van der Waals surface area contributed by atoms with Crippen molar-refractivity contribution in [3.8, 4) is 0 Å². The van der Waals surface area contributed by atoms with E-state index in [2.05, 4.69) is 5.32 Å². The molecule has 0 bridgehead atoms. The lowest BCUT2D eigenvalue weighted by Crippen LogP contribution is -2.56. The van der Waals surface area contributed by atoms with Crippen molar-refractivity contribution >= 4 is 11.8 Å². The molecule has 3 N–H and O–H groups in total. The number of hydrogen-bond acceptors (Lipinski definition) is 3. The summed E-state index contributed by atoms with van der Waals surface area (Å²) in [7, 11) is 0. The van der Waals surface area contributed by atoms with E-state index in [9.17, 15) is 9.59 Å². The quantitative estimate of drug-likeness (QED) is 0.865. The Labute approximate surface area is 137 Å². The number of hydrogen-bond donors (Lipinski definition) is 2. The number of likely N-dealkylation sites (tertiary alicyclic amines) is 1. The molecule has 2 unspecified atom stereocenters. The van der Waals surface area contributed by atoms with Crippen molar-refractivity contribution < 1.29 is 9.59 Å². The van der Waals surface area contributed by atoms with Crippen LogP contribution in [-0.2, 0) is 4.79 Å². The first-order chi connectivity index (χ1) is 11.0. The molecule has 3 rings (SSSR count). The highest BCUT2D eigenvalue weighted by Crippen LogP contribution is 2.32. The van der Waals surface area contributed by atoms with Gasteiger partial charge in [-0.1, -0.05) is 18.2 Å². The van der Waals surface area contributed by atoms with E-state index >= 15 is 0 Å². The Morgan fingerprint density at radius 1 is 1.35 bits per heavy atom. The van der Waals surface area contributed by atoms with Crippen LogP contribution in [0.2, 0.25) is 0 Å². The van der Waals surface area contributed by atoms with Crippen LogP contribution in [0.5, 0.6) is 0 Å². The fraction of sp³-hybridized carbons (Fsp3) is 0.556. The molecule has 23 heavy (non-hydrogen) atoms. The Hall–Kier alpha value is -1.88.